The molecule has 0 fully saturated rings. The van der Waals surface area contributed by atoms with Gasteiger partial charge < -0.3 is 10.4 Å². The Morgan fingerprint density at radius 3 is 2.88 bits per heavy atom. The van der Waals surface area contributed by atoms with Gasteiger partial charge in [-0.05, 0) is 43.0 Å². The summed E-state index contributed by atoms with van der Waals surface area (Å²) in [6.07, 6.45) is 2.11. The maximum Gasteiger partial charge on any atom is 0.345 e. The van der Waals surface area contributed by atoms with Crippen LogP contribution in [0.25, 0.3) is 0 Å². The lowest BCUT2D eigenvalue weighted by Crippen LogP contribution is -2.22. The van der Waals surface area contributed by atoms with Crippen LogP contribution in [0.5, 0.6) is 0 Å². The van der Waals surface area contributed by atoms with Gasteiger partial charge in [0.1, 0.15) is 4.88 Å². The highest BCUT2D eigenvalue weighted by Gasteiger charge is 2.10. The molecule has 0 aliphatic rings. The van der Waals surface area contributed by atoms with Crippen molar-refractivity contribution in [3.05, 3.63) is 21.4 Å². The maximum absolute atomic E-state index is 10.8. The first-order valence-electron chi connectivity index (χ1n) is 5.56. The van der Waals surface area contributed by atoms with Crippen molar-refractivity contribution in [2.75, 3.05) is 18.6 Å². The second-order valence-corrected chi connectivity index (χ2v) is 6.36. The predicted octanol–water partition coefficient (Wildman–Crippen LogP) is 2.84. The number of thiophene rings is 1. The van der Waals surface area contributed by atoms with E-state index >= 15 is 0 Å². The first-order valence-corrected chi connectivity index (χ1v) is 7.78. The quantitative estimate of drug-likeness (QED) is 0.802. The van der Waals surface area contributed by atoms with E-state index in [-0.39, 0.29) is 0 Å². The molecular weight excluding hydrogens is 254 g/mol. The average molecular weight is 273 g/mol. The summed E-state index contributed by atoms with van der Waals surface area (Å²) in [7, 11) is 0. The molecule has 1 rings (SSSR count). The fourth-order valence-electron chi connectivity index (χ4n) is 1.60. The Morgan fingerprint density at radius 1 is 1.65 bits per heavy atom. The molecule has 0 aromatic carbocycles. The van der Waals surface area contributed by atoms with E-state index in [0.717, 1.165) is 29.3 Å². The van der Waals surface area contributed by atoms with E-state index < -0.39 is 5.97 Å². The van der Waals surface area contributed by atoms with E-state index in [2.05, 4.69) is 18.5 Å². The van der Waals surface area contributed by atoms with Gasteiger partial charge in [0.2, 0.25) is 0 Å². The van der Waals surface area contributed by atoms with Crippen LogP contribution in [0.15, 0.2) is 6.07 Å². The highest BCUT2D eigenvalue weighted by molar-refractivity contribution is 7.98. The third kappa shape index (κ3) is 4.69. The highest BCUT2D eigenvalue weighted by Crippen LogP contribution is 2.21. The fraction of sp³-hybridized carbons (Fsp3) is 0.583. The van der Waals surface area contributed by atoms with Gasteiger partial charge in [-0.15, -0.1) is 11.3 Å². The normalized spacial score (nSPS) is 12.6. The average Bonchev–Trinajstić information content (AvgIpc) is 2.61. The molecular formula is C12H19NO2S2. The van der Waals surface area contributed by atoms with Crippen LogP contribution >= 0.6 is 23.1 Å². The summed E-state index contributed by atoms with van der Waals surface area (Å²) >= 11 is 3.20. The summed E-state index contributed by atoms with van der Waals surface area (Å²) in [4.78, 5) is 12.3. The van der Waals surface area contributed by atoms with E-state index in [0.29, 0.717) is 10.8 Å². The van der Waals surface area contributed by atoms with Gasteiger partial charge >= 0.3 is 5.97 Å². The molecule has 1 atom stereocenters. The van der Waals surface area contributed by atoms with Crippen LogP contribution in [-0.2, 0) is 6.54 Å². The van der Waals surface area contributed by atoms with Gasteiger partial charge in [0.15, 0.2) is 0 Å². The molecule has 1 aromatic rings. The van der Waals surface area contributed by atoms with Crippen LogP contribution in [0, 0.1) is 12.8 Å². The monoisotopic (exact) mass is 273 g/mol. The first kappa shape index (κ1) is 14.5. The number of carbonyl (C=O) groups is 1. The number of aryl methyl sites for hydroxylation is 1. The van der Waals surface area contributed by atoms with E-state index in [1.165, 1.54) is 11.3 Å². The molecule has 0 aliphatic carbocycles. The predicted molar refractivity (Wildman–Crippen MR) is 75.3 cm³/mol. The molecule has 17 heavy (non-hydrogen) atoms. The molecule has 96 valence electrons. The van der Waals surface area contributed by atoms with Crippen molar-refractivity contribution in [2.45, 2.75) is 20.4 Å². The fourth-order valence-corrected chi connectivity index (χ4v) is 3.16. The first-order chi connectivity index (χ1) is 8.04. The zero-order valence-corrected chi connectivity index (χ0v) is 12.1. The van der Waals surface area contributed by atoms with Gasteiger partial charge in [-0.1, -0.05) is 6.92 Å². The largest absolute Gasteiger partial charge is 0.477 e. The van der Waals surface area contributed by atoms with Crippen LogP contribution in [0.4, 0.5) is 0 Å². The molecule has 0 saturated carbocycles. The van der Waals surface area contributed by atoms with Gasteiger partial charge in [-0.25, -0.2) is 4.79 Å². The minimum atomic E-state index is -0.833. The second kappa shape index (κ2) is 7.03. The van der Waals surface area contributed by atoms with Crippen molar-refractivity contribution in [1.29, 1.82) is 0 Å². The topological polar surface area (TPSA) is 49.3 Å². The van der Waals surface area contributed by atoms with E-state index in [1.807, 2.05) is 18.7 Å². The summed E-state index contributed by atoms with van der Waals surface area (Å²) in [6, 6.07) is 1.77. The van der Waals surface area contributed by atoms with Gasteiger partial charge in [-0.3, -0.25) is 0 Å². The van der Waals surface area contributed by atoms with Crippen LogP contribution < -0.4 is 5.32 Å². The lowest BCUT2D eigenvalue weighted by Gasteiger charge is -2.10. The highest BCUT2D eigenvalue weighted by atomic mass is 32.2. The molecule has 2 N–H and O–H groups in total. The maximum atomic E-state index is 10.8. The Labute approximate surface area is 111 Å². The second-order valence-electron chi connectivity index (χ2n) is 4.19. The molecule has 1 aromatic heterocycles. The van der Waals surface area contributed by atoms with Crippen LogP contribution in [0.2, 0.25) is 0 Å². The standard InChI is InChI=1S/C12H19NO2S2/c1-8(7-16-3)5-13-6-10-4-11(12(14)15)17-9(10)2/h4,8,13H,5-7H2,1-3H3,(H,14,15). The SMILES string of the molecule is CSCC(C)CNCc1cc(C(=O)O)sc1C. The summed E-state index contributed by atoms with van der Waals surface area (Å²) in [5.74, 6) is 0.957. The lowest BCUT2D eigenvalue weighted by atomic mass is 10.2. The zero-order valence-electron chi connectivity index (χ0n) is 10.4. The molecule has 0 saturated heterocycles. The molecule has 3 nitrogen and oxygen atoms in total. The third-order valence-corrected chi connectivity index (χ3v) is 4.47. The van der Waals surface area contributed by atoms with E-state index in [1.54, 1.807) is 6.07 Å². The van der Waals surface area contributed by atoms with Crippen molar-refractivity contribution in [3.63, 3.8) is 0 Å². The Hall–Kier alpha value is -0.520. The number of carboxylic acids is 1. The number of rotatable bonds is 7. The zero-order chi connectivity index (χ0) is 12.8. The summed E-state index contributed by atoms with van der Waals surface area (Å²) in [5, 5.41) is 12.3. The van der Waals surface area contributed by atoms with Gasteiger partial charge in [0.25, 0.3) is 0 Å². The van der Waals surface area contributed by atoms with Gasteiger partial charge in [-0.2, -0.15) is 11.8 Å². The number of aromatic carboxylic acids is 1. The number of thioether (sulfide) groups is 1. The Bertz CT molecular complexity index is 377. The van der Waals surface area contributed by atoms with Crippen LogP contribution in [0.3, 0.4) is 0 Å². The van der Waals surface area contributed by atoms with Crippen molar-refractivity contribution in [2.24, 2.45) is 5.92 Å². The number of hydrogen-bond acceptors (Lipinski definition) is 4. The third-order valence-electron chi connectivity index (χ3n) is 2.49. The lowest BCUT2D eigenvalue weighted by molar-refractivity contribution is 0.0702. The van der Waals surface area contributed by atoms with Crippen molar-refractivity contribution >= 4 is 29.1 Å². The van der Waals surface area contributed by atoms with E-state index in [9.17, 15) is 4.79 Å². The molecule has 0 spiro atoms. The molecule has 0 aliphatic heterocycles. The summed E-state index contributed by atoms with van der Waals surface area (Å²) in [6.45, 7) is 5.92. The van der Waals surface area contributed by atoms with Crippen LogP contribution in [0.1, 0.15) is 27.0 Å². The van der Waals surface area contributed by atoms with Crippen LogP contribution in [-0.4, -0.2) is 29.6 Å². The van der Waals surface area contributed by atoms with Gasteiger partial charge in [0, 0.05) is 11.4 Å². The molecule has 1 heterocycles. The Balaban J connectivity index is 2.44. The minimum absolute atomic E-state index is 0.427. The molecule has 0 radical (unpaired) electrons. The molecule has 1 unspecified atom stereocenters. The van der Waals surface area contributed by atoms with Crippen molar-refractivity contribution in [3.8, 4) is 0 Å². The molecule has 5 heteroatoms. The summed E-state index contributed by atoms with van der Waals surface area (Å²) in [5.41, 5.74) is 1.10. The van der Waals surface area contributed by atoms with E-state index in [4.69, 9.17) is 5.11 Å². The number of nitrogens with one attached hydrogen (secondary N) is 1. The Morgan fingerprint density at radius 2 is 2.35 bits per heavy atom. The smallest absolute Gasteiger partial charge is 0.345 e. The minimum Gasteiger partial charge on any atom is -0.477 e. The Kier molecular flexibility index (Phi) is 6.02. The van der Waals surface area contributed by atoms with Crippen molar-refractivity contribution < 1.29 is 9.90 Å². The number of carboxylic acid groups (broad SMARTS) is 1. The molecule has 0 bridgehead atoms. The van der Waals surface area contributed by atoms with Crippen molar-refractivity contribution in [1.82, 2.24) is 5.32 Å². The number of hydrogen-bond donors (Lipinski definition) is 2. The van der Waals surface area contributed by atoms with Gasteiger partial charge in [0.05, 0.1) is 0 Å². The summed E-state index contributed by atoms with van der Waals surface area (Å²) < 4.78 is 0. The molecule has 0 amide bonds.